The van der Waals surface area contributed by atoms with Crippen LogP contribution in [0.3, 0.4) is 0 Å². The summed E-state index contributed by atoms with van der Waals surface area (Å²) in [6, 6.07) is 15.7. The summed E-state index contributed by atoms with van der Waals surface area (Å²) in [5, 5.41) is 8.74. The van der Waals surface area contributed by atoms with Crippen LogP contribution < -0.4 is 0 Å². The Morgan fingerprint density at radius 3 is 2.36 bits per heavy atom. The maximum absolute atomic E-state index is 4.80. The van der Waals surface area contributed by atoms with E-state index in [0.29, 0.717) is 0 Å². The van der Waals surface area contributed by atoms with E-state index in [1.807, 2.05) is 73.7 Å². The monoisotopic (exact) mass is 357 g/mol. The minimum absolute atomic E-state index is 0.933. The fraction of sp³-hybridized carbons (Fsp3) is 0. The van der Waals surface area contributed by atoms with E-state index < -0.39 is 0 Å². The van der Waals surface area contributed by atoms with Crippen molar-refractivity contribution < 1.29 is 0 Å². The molecule has 0 saturated heterocycles. The highest BCUT2D eigenvalue weighted by atomic mass is 14.7. The molecule has 0 spiro atoms. The topological polar surface area (TPSA) is 51.6 Å². The van der Waals surface area contributed by atoms with E-state index >= 15 is 0 Å². The first-order valence-electron chi connectivity index (χ1n) is 9.04. The van der Waals surface area contributed by atoms with Gasteiger partial charge < -0.3 is 0 Å². The Morgan fingerprint density at radius 1 is 0.643 bits per heavy atom. The van der Waals surface area contributed by atoms with Crippen LogP contribution in [0.25, 0.3) is 54.3 Å². The molecule has 6 aromatic rings. The Bertz CT molecular complexity index is 1520. The van der Waals surface area contributed by atoms with Crippen LogP contribution in [0.1, 0.15) is 0 Å². The van der Waals surface area contributed by atoms with E-state index in [-0.39, 0.29) is 0 Å². The smallest absolute Gasteiger partial charge is 0.0793 e. The minimum Gasteiger partial charge on any atom is -0.264 e. The van der Waals surface area contributed by atoms with E-state index in [9.17, 15) is 0 Å². The first-order valence-corrected chi connectivity index (χ1v) is 9.04. The molecule has 4 heterocycles. The molecule has 0 saturated carbocycles. The van der Waals surface area contributed by atoms with Crippen LogP contribution in [0.4, 0.5) is 0 Å². The molecule has 129 valence electrons. The molecule has 28 heavy (non-hydrogen) atoms. The van der Waals surface area contributed by atoms with Crippen LogP contribution in [-0.2, 0) is 0 Å². The van der Waals surface area contributed by atoms with Gasteiger partial charge in [0, 0.05) is 70.5 Å². The van der Waals surface area contributed by atoms with Gasteiger partial charge in [0.1, 0.15) is 0 Å². The largest absolute Gasteiger partial charge is 0.264 e. The van der Waals surface area contributed by atoms with Crippen LogP contribution in [0, 0.1) is 6.07 Å². The second-order valence-electron chi connectivity index (χ2n) is 6.78. The zero-order valence-electron chi connectivity index (χ0n) is 14.8. The van der Waals surface area contributed by atoms with Gasteiger partial charge >= 0.3 is 0 Å². The molecule has 0 fully saturated rings. The minimum atomic E-state index is 0.933. The molecule has 0 aliphatic rings. The lowest BCUT2D eigenvalue weighted by molar-refractivity contribution is 1.34. The van der Waals surface area contributed by atoms with Crippen LogP contribution in [0.15, 0.2) is 79.8 Å². The number of nitrogens with zero attached hydrogens (tertiary/aromatic N) is 4. The van der Waals surface area contributed by atoms with E-state index in [4.69, 9.17) is 4.98 Å². The maximum atomic E-state index is 4.80. The molecular formula is C24H13N4. The molecule has 0 amide bonds. The van der Waals surface area contributed by atoms with Crippen molar-refractivity contribution in [1.29, 1.82) is 0 Å². The predicted molar refractivity (Wildman–Crippen MR) is 112 cm³/mol. The van der Waals surface area contributed by atoms with Crippen molar-refractivity contribution in [1.82, 2.24) is 19.9 Å². The third kappa shape index (κ3) is 2.12. The molecule has 0 atom stereocenters. The Hall–Kier alpha value is -3.92. The quantitative estimate of drug-likeness (QED) is 0.372. The van der Waals surface area contributed by atoms with Gasteiger partial charge in [-0.05, 0) is 64.0 Å². The Labute approximate surface area is 160 Å². The first-order chi connectivity index (χ1) is 13.9. The molecule has 4 heteroatoms. The van der Waals surface area contributed by atoms with Crippen molar-refractivity contribution in [2.24, 2.45) is 0 Å². The molecule has 2 aromatic carbocycles. The van der Waals surface area contributed by atoms with E-state index in [0.717, 1.165) is 54.3 Å². The Kier molecular flexibility index (Phi) is 3.14. The number of pyridine rings is 4. The van der Waals surface area contributed by atoms with Crippen LogP contribution in [-0.4, -0.2) is 19.9 Å². The SMILES string of the molecule is [c]1cc2cnccc2c2c(-c3cc4ccncc4c4ccncc34)nccc12. The normalized spacial score (nSPS) is 11.6. The molecule has 0 bridgehead atoms. The van der Waals surface area contributed by atoms with Gasteiger partial charge in [-0.3, -0.25) is 19.9 Å². The third-order valence-corrected chi connectivity index (χ3v) is 5.27. The van der Waals surface area contributed by atoms with Gasteiger partial charge in [0.2, 0.25) is 0 Å². The van der Waals surface area contributed by atoms with E-state index in [1.165, 1.54) is 0 Å². The van der Waals surface area contributed by atoms with Gasteiger partial charge in [-0.25, -0.2) is 0 Å². The summed E-state index contributed by atoms with van der Waals surface area (Å²) < 4.78 is 0. The summed E-state index contributed by atoms with van der Waals surface area (Å²) in [6.07, 6.45) is 13.0. The van der Waals surface area contributed by atoms with Crippen molar-refractivity contribution in [2.75, 3.05) is 0 Å². The second kappa shape index (κ2) is 5.79. The zero-order valence-corrected chi connectivity index (χ0v) is 14.8. The average molecular weight is 357 g/mol. The molecule has 6 rings (SSSR count). The highest BCUT2D eigenvalue weighted by Gasteiger charge is 2.14. The van der Waals surface area contributed by atoms with Gasteiger partial charge in [-0.1, -0.05) is 0 Å². The van der Waals surface area contributed by atoms with Crippen molar-refractivity contribution in [3.63, 3.8) is 0 Å². The third-order valence-electron chi connectivity index (χ3n) is 5.27. The van der Waals surface area contributed by atoms with Gasteiger partial charge in [0.05, 0.1) is 5.69 Å². The van der Waals surface area contributed by atoms with E-state index in [1.54, 1.807) is 0 Å². The summed E-state index contributed by atoms with van der Waals surface area (Å²) in [4.78, 5) is 17.7. The number of hydrogen-bond donors (Lipinski definition) is 0. The lowest BCUT2D eigenvalue weighted by atomic mass is 9.94. The van der Waals surface area contributed by atoms with Crippen LogP contribution in [0.2, 0.25) is 0 Å². The summed E-state index contributed by atoms with van der Waals surface area (Å²) in [7, 11) is 0. The van der Waals surface area contributed by atoms with Crippen LogP contribution in [0.5, 0.6) is 0 Å². The number of hydrogen-bond acceptors (Lipinski definition) is 4. The summed E-state index contributed by atoms with van der Waals surface area (Å²) in [6.45, 7) is 0. The van der Waals surface area contributed by atoms with Crippen molar-refractivity contribution in [3.05, 3.63) is 85.8 Å². The highest BCUT2D eigenvalue weighted by Crippen LogP contribution is 2.38. The van der Waals surface area contributed by atoms with Gasteiger partial charge in [0.25, 0.3) is 0 Å². The molecule has 0 aliphatic carbocycles. The molecule has 1 radical (unpaired) electrons. The molecule has 0 N–H and O–H groups in total. The lowest BCUT2D eigenvalue weighted by Gasteiger charge is -2.13. The molecule has 4 nitrogen and oxygen atoms in total. The lowest BCUT2D eigenvalue weighted by Crippen LogP contribution is -1.91. The summed E-state index contributed by atoms with van der Waals surface area (Å²) in [5.74, 6) is 0. The number of benzene rings is 2. The van der Waals surface area contributed by atoms with E-state index in [2.05, 4.69) is 27.1 Å². The van der Waals surface area contributed by atoms with Crippen molar-refractivity contribution >= 4 is 43.1 Å². The van der Waals surface area contributed by atoms with Crippen molar-refractivity contribution in [3.8, 4) is 11.3 Å². The Morgan fingerprint density at radius 2 is 1.43 bits per heavy atom. The maximum Gasteiger partial charge on any atom is 0.0793 e. The fourth-order valence-corrected chi connectivity index (χ4v) is 3.99. The standard InChI is InChI=1S/C24H13N4/c1-2-17-12-25-8-5-18(17)23-15(1)4-10-28-24(23)20-11-16-3-7-26-13-21(16)19-6-9-27-14-22(19)20/h2-14H. The zero-order chi connectivity index (χ0) is 18.5. The molecule has 4 aromatic heterocycles. The summed E-state index contributed by atoms with van der Waals surface area (Å²) >= 11 is 0. The predicted octanol–water partition coefficient (Wildman–Crippen LogP) is 5.35. The number of fused-ring (bicyclic) bond motifs is 6. The average Bonchev–Trinajstić information content (AvgIpc) is 2.78. The van der Waals surface area contributed by atoms with Crippen molar-refractivity contribution in [2.45, 2.75) is 0 Å². The fourth-order valence-electron chi connectivity index (χ4n) is 3.99. The number of rotatable bonds is 1. The Balaban J connectivity index is 1.84. The van der Waals surface area contributed by atoms with Gasteiger partial charge in [-0.15, -0.1) is 0 Å². The highest BCUT2D eigenvalue weighted by molar-refractivity contribution is 6.19. The summed E-state index contributed by atoms with van der Waals surface area (Å²) in [5.41, 5.74) is 1.99. The molecule has 0 unspecified atom stereocenters. The number of aromatic nitrogens is 4. The molecular weight excluding hydrogens is 344 g/mol. The second-order valence-corrected chi connectivity index (χ2v) is 6.78. The van der Waals surface area contributed by atoms with Crippen LogP contribution >= 0.6 is 0 Å². The van der Waals surface area contributed by atoms with Gasteiger partial charge in [-0.2, -0.15) is 0 Å². The first kappa shape index (κ1) is 15.2. The van der Waals surface area contributed by atoms with Gasteiger partial charge in [0.15, 0.2) is 0 Å². The molecule has 0 aliphatic heterocycles.